The lowest BCUT2D eigenvalue weighted by Gasteiger charge is -2.03. The Balaban J connectivity index is 1.96. The Labute approximate surface area is 95.1 Å². The third-order valence-corrected chi connectivity index (χ3v) is 2.09. The van der Waals surface area contributed by atoms with Gasteiger partial charge in [0.2, 0.25) is 5.95 Å². The Morgan fingerprint density at radius 2 is 1.73 bits per heavy atom. The van der Waals surface area contributed by atoms with Crippen LogP contribution in [0.2, 0.25) is 0 Å². The number of hydrogen-bond acceptors (Lipinski definition) is 5. The summed E-state index contributed by atoms with van der Waals surface area (Å²) in [6, 6.07) is 0. The van der Waals surface area contributed by atoms with Crippen LogP contribution in [0.3, 0.4) is 0 Å². The second-order valence-electron chi connectivity index (χ2n) is 2.83. The van der Waals surface area contributed by atoms with E-state index in [4.69, 9.17) is 0 Å². The molecule has 6 heteroatoms. The van der Waals surface area contributed by atoms with Crippen LogP contribution in [-0.4, -0.2) is 19.9 Å². The van der Waals surface area contributed by atoms with E-state index in [0.717, 1.165) is 10.0 Å². The molecule has 0 aliphatic carbocycles. The summed E-state index contributed by atoms with van der Waals surface area (Å²) in [6.07, 6.45) is 8.38. The minimum atomic E-state index is 0.585. The third-order valence-electron chi connectivity index (χ3n) is 1.69. The Bertz CT molecular complexity index is 416. The van der Waals surface area contributed by atoms with Gasteiger partial charge in [0.1, 0.15) is 6.33 Å². The predicted octanol–water partition coefficient (Wildman–Crippen LogP) is 1.64. The summed E-state index contributed by atoms with van der Waals surface area (Å²) in [4.78, 5) is 16.0. The summed E-state index contributed by atoms with van der Waals surface area (Å²) in [5.41, 5.74) is 0.990. The molecule has 5 nitrogen and oxygen atoms in total. The van der Waals surface area contributed by atoms with Crippen LogP contribution >= 0.6 is 15.9 Å². The van der Waals surface area contributed by atoms with Crippen LogP contribution in [0, 0.1) is 0 Å². The highest BCUT2D eigenvalue weighted by Gasteiger charge is 1.96. The average molecular weight is 266 g/mol. The van der Waals surface area contributed by atoms with Gasteiger partial charge in [0, 0.05) is 36.9 Å². The number of rotatable bonds is 3. The molecule has 0 radical (unpaired) electrons. The Kier molecular flexibility index (Phi) is 3.18. The second kappa shape index (κ2) is 4.79. The maximum Gasteiger partial charge on any atom is 0.222 e. The highest BCUT2D eigenvalue weighted by Crippen LogP contribution is 2.07. The Hall–Kier alpha value is -1.56. The molecule has 0 aromatic carbocycles. The standard InChI is InChI=1S/C9H8BrN5/c10-8-4-14-9(15-5-8)13-3-7-1-11-6-12-2-7/h1-2,4-6H,3H2,(H,13,14,15). The topological polar surface area (TPSA) is 63.6 Å². The van der Waals surface area contributed by atoms with E-state index in [1.54, 1.807) is 24.8 Å². The highest BCUT2D eigenvalue weighted by molar-refractivity contribution is 9.10. The van der Waals surface area contributed by atoms with Gasteiger partial charge in [-0.2, -0.15) is 0 Å². The van der Waals surface area contributed by atoms with Crippen LogP contribution in [0.15, 0.2) is 35.6 Å². The molecule has 76 valence electrons. The minimum absolute atomic E-state index is 0.585. The molecule has 2 rings (SSSR count). The summed E-state index contributed by atoms with van der Waals surface area (Å²) < 4.78 is 0.857. The monoisotopic (exact) mass is 265 g/mol. The first-order valence-corrected chi connectivity index (χ1v) is 5.09. The van der Waals surface area contributed by atoms with E-state index in [2.05, 4.69) is 41.2 Å². The average Bonchev–Trinajstić information content (AvgIpc) is 2.30. The molecule has 0 aliphatic rings. The van der Waals surface area contributed by atoms with E-state index in [1.807, 2.05) is 0 Å². The van der Waals surface area contributed by atoms with Crippen molar-refractivity contribution in [3.05, 3.63) is 41.2 Å². The summed E-state index contributed by atoms with van der Waals surface area (Å²) >= 11 is 3.27. The number of anilines is 1. The van der Waals surface area contributed by atoms with Gasteiger partial charge >= 0.3 is 0 Å². The van der Waals surface area contributed by atoms with E-state index in [0.29, 0.717) is 12.5 Å². The predicted molar refractivity (Wildman–Crippen MR) is 59.1 cm³/mol. The fourth-order valence-corrected chi connectivity index (χ4v) is 1.21. The Morgan fingerprint density at radius 1 is 1.07 bits per heavy atom. The van der Waals surface area contributed by atoms with Gasteiger partial charge in [-0.1, -0.05) is 0 Å². The van der Waals surface area contributed by atoms with Crippen molar-refractivity contribution < 1.29 is 0 Å². The van der Waals surface area contributed by atoms with E-state index >= 15 is 0 Å². The largest absolute Gasteiger partial charge is 0.350 e. The van der Waals surface area contributed by atoms with Crippen molar-refractivity contribution in [3.8, 4) is 0 Å². The van der Waals surface area contributed by atoms with Gasteiger partial charge in [0.15, 0.2) is 0 Å². The molecule has 0 spiro atoms. The number of halogens is 1. The fraction of sp³-hybridized carbons (Fsp3) is 0.111. The molecule has 2 aromatic heterocycles. The molecular formula is C9H8BrN5. The van der Waals surface area contributed by atoms with Crippen molar-refractivity contribution in [1.82, 2.24) is 19.9 Å². The maximum absolute atomic E-state index is 4.08. The third kappa shape index (κ3) is 2.95. The van der Waals surface area contributed by atoms with E-state index in [1.165, 1.54) is 6.33 Å². The molecule has 2 aromatic rings. The zero-order valence-corrected chi connectivity index (χ0v) is 9.35. The van der Waals surface area contributed by atoms with Gasteiger partial charge in [0.25, 0.3) is 0 Å². The lowest BCUT2D eigenvalue weighted by atomic mass is 10.3. The highest BCUT2D eigenvalue weighted by atomic mass is 79.9. The molecule has 0 aliphatic heterocycles. The minimum Gasteiger partial charge on any atom is -0.350 e. The maximum atomic E-state index is 4.08. The van der Waals surface area contributed by atoms with Crippen molar-refractivity contribution in [3.63, 3.8) is 0 Å². The summed E-state index contributed by atoms with van der Waals surface area (Å²) in [7, 11) is 0. The number of nitrogens with one attached hydrogen (secondary N) is 1. The molecule has 1 N–H and O–H groups in total. The lowest BCUT2D eigenvalue weighted by molar-refractivity contribution is 1.01. The van der Waals surface area contributed by atoms with Crippen molar-refractivity contribution in [2.24, 2.45) is 0 Å². The van der Waals surface area contributed by atoms with Gasteiger partial charge in [-0.05, 0) is 15.9 Å². The first-order valence-electron chi connectivity index (χ1n) is 4.30. The molecule has 2 heterocycles. The van der Waals surface area contributed by atoms with Gasteiger partial charge in [-0.3, -0.25) is 0 Å². The molecule has 0 bridgehead atoms. The SMILES string of the molecule is Brc1cnc(NCc2cncnc2)nc1. The molecular weight excluding hydrogens is 258 g/mol. The number of nitrogens with zero attached hydrogens (tertiary/aromatic N) is 4. The summed E-state index contributed by atoms with van der Waals surface area (Å²) in [5.74, 6) is 0.585. The molecule has 15 heavy (non-hydrogen) atoms. The van der Waals surface area contributed by atoms with Gasteiger partial charge in [-0.15, -0.1) is 0 Å². The zero-order chi connectivity index (χ0) is 10.5. The molecule has 0 saturated heterocycles. The second-order valence-corrected chi connectivity index (χ2v) is 3.74. The van der Waals surface area contributed by atoms with Gasteiger partial charge in [0.05, 0.1) is 4.47 Å². The molecule has 0 fully saturated rings. The molecule has 0 atom stereocenters. The van der Waals surface area contributed by atoms with Crippen molar-refractivity contribution in [2.45, 2.75) is 6.54 Å². The normalized spacial score (nSPS) is 9.93. The van der Waals surface area contributed by atoms with E-state index in [9.17, 15) is 0 Å². The fourth-order valence-electron chi connectivity index (χ4n) is 1.01. The van der Waals surface area contributed by atoms with Crippen LogP contribution in [0.5, 0.6) is 0 Å². The lowest BCUT2D eigenvalue weighted by Crippen LogP contribution is -2.03. The molecule has 0 unspecified atom stereocenters. The first-order chi connectivity index (χ1) is 7.34. The van der Waals surface area contributed by atoms with Crippen LogP contribution in [0.4, 0.5) is 5.95 Å². The summed E-state index contributed by atoms with van der Waals surface area (Å²) in [5, 5.41) is 3.07. The smallest absolute Gasteiger partial charge is 0.222 e. The van der Waals surface area contributed by atoms with Crippen LogP contribution in [-0.2, 0) is 6.54 Å². The van der Waals surface area contributed by atoms with Crippen LogP contribution < -0.4 is 5.32 Å². The number of aromatic nitrogens is 4. The quantitative estimate of drug-likeness (QED) is 0.914. The molecule has 0 amide bonds. The van der Waals surface area contributed by atoms with Crippen molar-refractivity contribution >= 4 is 21.9 Å². The van der Waals surface area contributed by atoms with Crippen molar-refractivity contribution in [1.29, 1.82) is 0 Å². The molecule has 0 saturated carbocycles. The van der Waals surface area contributed by atoms with Crippen LogP contribution in [0.1, 0.15) is 5.56 Å². The van der Waals surface area contributed by atoms with E-state index in [-0.39, 0.29) is 0 Å². The number of hydrogen-bond donors (Lipinski definition) is 1. The van der Waals surface area contributed by atoms with Gasteiger partial charge in [-0.25, -0.2) is 19.9 Å². The first kappa shape index (κ1) is 9.97. The van der Waals surface area contributed by atoms with E-state index < -0.39 is 0 Å². The van der Waals surface area contributed by atoms with Gasteiger partial charge < -0.3 is 5.32 Å². The summed E-state index contributed by atoms with van der Waals surface area (Å²) in [6.45, 7) is 0.614. The zero-order valence-electron chi connectivity index (χ0n) is 7.76. The Morgan fingerprint density at radius 3 is 2.40 bits per heavy atom. The van der Waals surface area contributed by atoms with Crippen molar-refractivity contribution in [2.75, 3.05) is 5.32 Å². The van der Waals surface area contributed by atoms with Crippen LogP contribution in [0.25, 0.3) is 0 Å².